The van der Waals surface area contributed by atoms with E-state index in [2.05, 4.69) is 19.9 Å². The largest absolute Gasteiger partial charge is 0.384 e. The molecule has 0 spiro atoms. The van der Waals surface area contributed by atoms with Gasteiger partial charge in [-0.25, -0.2) is 14.4 Å². The summed E-state index contributed by atoms with van der Waals surface area (Å²) in [6.45, 7) is 7.46. The predicted octanol–water partition coefficient (Wildman–Crippen LogP) is 3.45. The Morgan fingerprint density at radius 2 is 1.87 bits per heavy atom. The van der Waals surface area contributed by atoms with Gasteiger partial charge in [0, 0.05) is 5.39 Å². The van der Waals surface area contributed by atoms with Crippen LogP contribution in [0.25, 0.3) is 32.3 Å². The maximum Gasteiger partial charge on any atom is 0.308 e. The molecule has 0 bridgehead atoms. The number of benzene rings is 2. The molecule has 0 aliphatic carbocycles. The van der Waals surface area contributed by atoms with E-state index in [0.29, 0.717) is 27.5 Å². The highest BCUT2D eigenvalue weighted by Gasteiger charge is 2.20. The molecule has 8 nitrogen and oxygen atoms in total. The van der Waals surface area contributed by atoms with Crippen LogP contribution in [0.2, 0.25) is 0 Å². The number of anilines is 1. The molecule has 2 aromatic carbocycles. The van der Waals surface area contributed by atoms with Gasteiger partial charge in [0.05, 0.1) is 16.8 Å². The maximum atomic E-state index is 14.7. The van der Waals surface area contributed by atoms with Gasteiger partial charge in [0.15, 0.2) is 5.65 Å². The Bertz CT molecular complexity index is 1580. The Hall–Kier alpha value is -4.58. The highest BCUT2D eigenvalue weighted by atomic mass is 19.1. The molecule has 5 aromatic rings. The lowest BCUT2D eigenvalue weighted by Crippen LogP contribution is -2.24. The summed E-state index contributed by atoms with van der Waals surface area (Å²) in [6.07, 6.45) is 1.29. The summed E-state index contributed by atoms with van der Waals surface area (Å²) < 4.78 is 17.5. The van der Waals surface area contributed by atoms with Crippen LogP contribution < -0.4 is 11.3 Å². The van der Waals surface area contributed by atoms with Gasteiger partial charge in [-0.1, -0.05) is 36.9 Å². The van der Waals surface area contributed by atoms with Gasteiger partial charge < -0.3 is 10.6 Å². The van der Waals surface area contributed by atoms with Gasteiger partial charge in [-0.3, -0.25) is 9.36 Å². The van der Waals surface area contributed by atoms with Crippen molar-refractivity contribution in [2.75, 3.05) is 5.73 Å². The molecule has 0 saturated carbocycles. The van der Waals surface area contributed by atoms with Crippen molar-refractivity contribution < 1.29 is 4.39 Å². The van der Waals surface area contributed by atoms with Crippen LogP contribution >= 0.6 is 0 Å². The lowest BCUT2D eigenvalue weighted by atomic mass is 10.1. The molecule has 9 heteroatoms. The van der Waals surface area contributed by atoms with Gasteiger partial charge in [0.1, 0.15) is 24.5 Å². The number of halogens is 1. The zero-order valence-electron chi connectivity index (χ0n) is 16.0. The van der Waals surface area contributed by atoms with Crippen LogP contribution in [0.1, 0.15) is 5.69 Å². The van der Waals surface area contributed by atoms with Gasteiger partial charge in [-0.15, -0.1) is 0 Å². The van der Waals surface area contributed by atoms with Crippen molar-refractivity contribution in [3.63, 3.8) is 0 Å². The van der Waals surface area contributed by atoms with E-state index in [1.165, 1.54) is 21.6 Å². The van der Waals surface area contributed by atoms with E-state index in [1.807, 2.05) is 12.1 Å². The number of pyridine rings is 1. The van der Waals surface area contributed by atoms with E-state index in [0.717, 1.165) is 0 Å². The van der Waals surface area contributed by atoms with E-state index < -0.39 is 5.82 Å². The third kappa shape index (κ3) is 2.89. The fourth-order valence-corrected chi connectivity index (χ4v) is 3.68. The van der Waals surface area contributed by atoms with E-state index in [-0.39, 0.29) is 29.4 Å². The molecule has 0 saturated heterocycles. The Labute approximate surface area is 174 Å². The number of nitrogens with zero attached hydrogens (tertiary/aromatic N) is 6. The lowest BCUT2D eigenvalue weighted by molar-refractivity contribution is 0.607. The van der Waals surface area contributed by atoms with E-state index in [9.17, 15) is 9.18 Å². The van der Waals surface area contributed by atoms with Crippen LogP contribution in [-0.2, 0) is 6.54 Å². The molecule has 2 N–H and O–H groups in total. The van der Waals surface area contributed by atoms with Crippen LogP contribution in [-0.4, -0.2) is 24.3 Å². The minimum atomic E-state index is -0.528. The van der Waals surface area contributed by atoms with Crippen molar-refractivity contribution in [2.45, 2.75) is 6.54 Å². The highest BCUT2D eigenvalue weighted by Crippen LogP contribution is 2.28. The van der Waals surface area contributed by atoms with E-state index in [4.69, 9.17) is 12.3 Å². The Morgan fingerprint density at radius 3 is 2.68 bits per heavy atom. The summed E-state index contributed by atoms with van der Waals surface area (Å²) in [7, 11) is 0. The minimum absolute atomic E-state index is 0.0636. The second kappa shape index (κ2) is 7.03. The van der Waals surface area contributed by atoms with Crippen molar-refractivity contribution >= 4 is 33.4 Å². The first-order valence-electron chi connectivity index (χ1n) is 9.31. The summed E-state index contributed by atoms with van der Waals surface area (Å²) in [5.74, 6) is -0.319. The van der Waals surface area contributed by atoms with Gasteiger partial charge in [0.25, 0.3) is 5.56 Å². The topological polar surface area (TPSA) is 96.0 Å². The van der Waals surface area contributed by atoms with Gasteiger partial charge in [-0.2, -0.15) is 4.68 Å². The fraction of sp³-hybridized carbons (Fsp3) is 0.0455. The van der Waals surface area contributed by atoms with Gasteiger partial charge in [0.2, 0.25) is 0 Å². The summed E-state index contributed by atoms with van der Waals surface area (Å²) in [5.41, 5.74) is 6.54. The summed E-state index contributed by atoms with van der Waals surface area (Å²) >= 11 is 0. The number of hydrogen-bond acceptors (Lipinski definition) is 5. The number of para-hydroxylation sites is 1. The Kier molecular flexibility index (Phi) is 4.19. The molecule has 0 fully saturated rings. The monoisotopic (exact) mass is 411 g/mol. The third-order valence-corrected chi connectivity index (χ3v) is 5.05. The van der Waals surface area contributed by atoms with Crippen molar-refractivity contribution in [3.8, 4) is 5.69 Å². The number of rotatable bonds is 3. The summed E-state index contributed by atoms with van der Waals surface area (Å²) in [4.78, 5) is 24.9. The number of nitrogen functional groups attached to an aromatic ring is 1. The lowest BCUT2D eigenvalue weighted by Gasteiger charge is -2.15. The molecule has 5 rings (SSSR count). The average molecular weight is 411 g/mol. The highest BCUT2D eigenvalue weighted by molar-refractivity contribution is 5.96. The molecule has 3 heterocycles. The zero-order chi connectivity index (χ0) is 21.5. The molecular formula is C22H14FN7O. The molecule has 0 amide bonds. The Balaban J connectivity index is 1.80. The second-order valence-electron chi connectivity index (χ2n) is 6.87. The van der Waals surface area contributed by atoms with E-state index in [1.54, 1.807) is 36.4 Å². The molecule has 0 radical (unpaired) electrons. The van der Waals surface area contributed by atoms with E-state index >= 15 is 0 Å². The maximum absolute atomic E-state index is 14.7. The van der Waals surface area contributed by atoms with Crippen molar-refractivity contribution in [1.29, 1.82) is 0 Å². The molecule has 0 aliphatic rings. The minimum Gasteiger partial charge on any atom is -0.384 e. The first kappa shape index (κ1) is 18.4. The Morgan fingerprint density at radius 1 is 1.10 bits per heavy atom. The van der Waals surface area contributed by atoms with Crippen molar-refractivity contribution in [2.24, 2.45) is 0 Å². The van der Waals surface area contributed by atoms with Crippen LogP contribution in [0.4, 0.5) is 16.0 Å². The molecule has 150 valence electrons. The first-order valence-corrected chi connectivity index (χ1v) is 9.31. The SMILES string of the molecule is [C-]#[N+]c1nn(Cc2cc3ccccc3c(=O)n2-c2ccccc2F)c2ncnc(N)c12. The van der Waals surface area contributed by atoms with Crippen molar-refractivity contribution in [1.82, 2.24) is 24.3 Å². The molecule has 0 unspecified atom stereocenters. The van der Waals surface area contributed by atoms with Crippen LogP contribution in [0, 0.1) is 12.4 Å². The molecule has 3 aromatic heterocycles. The predicted molar refractivity (Wildman–Crippen MR) is 115 cm³/mol. The standard InChI is InChI=1S/C22H14FN7O/c1-25-20-18-19(24)26-12-27-21(18)29(28-20)11-14-10-13-6-2-3-7-15(13)22(31)30(14)17-9-5-4-8-16(17)23/h2-10,12H,11H2,(H2,24,26,27). The second-order valence-corrected chi connectivity index (χ2v) is 6.87. The molecule has 31 heavy (non-hydrogen) atoms. The molecule has 0 aliphatic heterocycles. The number of fused-ring (bicyclic) bond motifs is 2. The average Bonchev–Trinajstić information content (AvgIpc) is 3.14. The van der Waals surface area contributed by atoms with Crippen molar-refractivity contribution in [3.05, 3.63) is 94.2 Å². The molecule has 0 atom stereocenters. The molecular weight excluding hydrogens is 397 g/mol. The third-order valence-electron chi connectivity index (χ3n) is 5.05. The number of aromatic nitrogens is 5. The first-order chi connectivity index (χ1) is 15.1. The van der Waals surface area contributed by atoms with Crippen LogP contribution in [0.5, 0.6) is 0 Å². The smallest absolute Gasteiger partial charge is 0.308 e. The van der Waals surface area contributed by atoms with Gasteiger partial charge in [-0.05, 0) is 34.8 Å². The van der Waals surface area contributed by atoms with Crippen LogP contribution in [0.3, 0.4) is 0 Å². The fourth-order valence-electron chi connectivity index (χ4n) is 3.68. The van der Waals surface area contributed by atoms with Crippen LogP contribution in [0.15, 0.2) is 65.7 Å². The quantitative estimate of drug-likeness (QED) is 0.459. The number of nitrogens with two attached hydrogens (primary N) is 1. The normalized spacial score (nSPS) is 11.1. The summed E-state index contributed by atoms with van der Waals surface area (Å²) in [6, 6.07) is 15.0. The summed E-state index contributed by atoms with van der Waals surface area (Å²) in [5, 5.41) is 5.83. The zero-order valence-corrected chi connectivity index (χ0v) is 16.0. The van der Waals surface area contributed by atoms with Gasteiger partial charge >= 0.3 is 5.82 Å². The number of hydrogen-bond donors (Lipinski definition) is 1.